The van der Waals surface area contributed by atoms with Gasteiger partial charge >= 0.3 is 0 Å². The molecule has 0 aliphatic rings. The van der Waals surface area contributed by atoms with Crippen molar-refractivity contribution in [1.82, 2.24) is 5.32 Å². The van der Waals surface area contributed by atoms with Gasteiger partial charge in [0, 0.05) is 15.8 Å². The van der Waals surface area contributed by atoms with Crippen LogP contribution in [0.3, 0.4) is 0 Å². The van der Waals surface area contributed by atoms with Crippen LogP contribution in [-0.2, 0) is 0 Å². The van der Waals surface area contributed by atoms with Gasteiger partial charge in [-0.05, 0) is 47.2 Å². The fraction of sp³-hybridized carbons (Fsp3) is 0.300. The first kappa shape index (κ1) is 11.3. The highest BCUT2D eigenvalue weighted by Crippen LogP contribution is 2.15. The lowest BCUT2D eigenvalue weighted by Gasteiger charge is -2.06. The zero-order valence-electron chi connectivity index (χ0n) is 8.01. The Bertz CT molecular complexity index is 339. The number of carbonyl (C=O) groups excluding carboxylic acids is 1. The number of amides is 1. The zero-order valence-corrected chi connectivity index (χ0v) is 10.2. The lowest BCUT2D eigenvalue weighted by molar-refractivity contribution is 0.0954. The lowest BCUT2D eigenvalue weighted by Crippen LogP contribution is -2.24. The standard InChI is InChI=1S/C10H13IN2O/c1-2-5-13-10(14)8-6-7(11)3-4-9(8)12/h3-4,6H,2,5,12H2,1H3,(H,13,14). The van der Waals surface area contributed by atoms with Crippen LogP contribution >= 0.6 is 22.6 Å². The van der Waals surface area contributed by atoms with Gasteiger partial charge < -0.3 is 11.1 Å². The van der Waals surface area contributed by atoms with E-state index >= 15 is 0 Å². The Labute approximate surface area is 97.2 Å². The molecule has 14 heavy (non-hydrogen) atoms. The summed E-state index contributed by atoms with van der Waals surface area (Å²) in [5, 5.41) is 2.79. The highest BCUT2D eigenvalue weighted by atomic mass is 127. The van der Waals surface area contributed by atoms with E-state index in [1.165, 1.54) is 0 Å². The van der Waals surface area contributed by atoms with Gasteiger partial charge in [0.05, 0.1) is 5.56 Å². The summed E-state index contributed by atoms with van der Waals surface area (Å²) in [6, 6.07) is 5.43. The van der Waals surface area contributed by atoms with Crippen LogP contribution in [-0.4, -0.2) is 12.5 Å². The molecule has 3 N–H and O–H groups in total. The average Bonchev–Trinajstić information content (AvgIpc) is 2.18. The van der Waals surface area contributed by atoms with E-state index in [-0.39, 0.29) is 5.91 Å². The Kier molecular flexibility index (Phi) is 4.19. The summed E-state index contributed by atoms with van der Waals surface area (Å²) >= 11 is 2.16. The highest BCUT2D eigenvalue weighted by molar-refractivity contribution is 14.1. The number of halogens is 1. The number of nitrogens with one attached hydrogen (secondary N) is 1. The average molecular weight is 304 g/mol. The second-order valence-electron chi connectivity index (χ2n) is 2.99. The molecule has 0 fully saturated rings. The summed E-state index contributed by atoms with van der Waals surface area (Å²) in [5.74, 6) is -0.0946. The molecule has 0 aliphatic carbocycles. The van der Waals surface area contributed by atoms with E-state index in [4.69, 9.17) is 5.73 Å². The van der Waals surface area contributed by atoms with Crippen LogP contribution < -0.4 is 11.1 Å². The van der Waals surface area contributed by atoms with Crippen LogP contribution in [0, 0.1) is 3.57 Å². The summed E-state index contributed by atoms with van der Waals surface area (Å²) in [6.07, 6.45) is 0.926. The molecule has 0 aromatic heterocycles. The van der Waals surface area contributed by atoms with Crippen LogP contribution in [0.15, 0.2) is 18.2 Å². The van der Waals surface area contributed by atoms with Gasteiger partial charge in [0.1, 0.15) is 0 Å². The van der Waals surface area contributed by atoms with Gasteiger partial charge in [0.25, 0.3) is 5.91 Å². The Morgan fingerprint density at radius 3 is 2.93 bits per heavy atom. The Balaban J connectivity index is 2.83. The molecule has 0 spiro atoms. The van der Waals surface area contributed by atoms with E-state index in [0.717, 1.165) is 9.99 Å². The van der Waals surface area contributed by atoms with Crippen LogP contribution in [0.2, 0.25) is 0 Å². The van der Waals surface area contributed by atoms with Crippen molar-refractivity contribution in [1.29, 1.82) is 0 Å². The molecule has 1 amide bonds. The minimum Gasteiger partial charge on any atom is -0.398 e. The summed E-state index contributed by atoms with van der Waals surface area (Å²) in [6.45, 7) is 2.70. The van der Waals surface area contributed by atoms with Crippen molar-refractivity contribution in [2.24, 2.45) is 0 Å². The fourth-order valence-corrected chi connectivity index (χ4v) is 1.55. The largest absolute Gasteiger partial charge is 0.398 e. The molecule has 0 radical (unpaired) electrons. The smallest absolute Gasteiger partial charge is 0.253 e. The first-order valence-electron chi connectivity index (χ1n) is 4.48. The van der Waals surface area contributed by atoms with Gasteiger partial charge in [0.2, 0.25) is 0 Å². The second kappa shape index (κ2) is 5.19. The molecular formula is C10H13IN2O. The molecule has 76 valence electrons. The molecule has 1 rings (SSSR count). The maximum Gasteiger partial charge on any atom is 0.253 e. The molecule has 0 unspecified atom stereocenters. The number of carbonyl (C=O) groups is 1. The first-order valence-corrected chi connectivity index (χ1v) is 5.56. The predicted octanol–water partition coefficient (Wildman–Crippen LogP) is 2.01. The van der Waals surface area contributed by atoms with E-state index in [2.05, 4.69) is 27.9 Å². The van der Waals surface area contributed by atoms with Crippen LogP contribution in [0.1, 0.15) is 23.7 Å². The number of nitrogen functional groups attached to an aromatic ring is 1. The van der Waals surface area contributed by atoms with E-state index in [1.807, 2.05) is 13.0 Å². The van der Waals surface area contributed by atoms with Crippen molar-refractivity contribution in [3.63, 3.8) is 0 Å². The Morgan fingerprint density at radius 1 is 1.57 bits per heavy atom. The lowest BCUT2D eigenvalue weighted by atomic mass is 10.1. The zero-order chi connectivity index (χ0) is 10.6. The molecule has 0 saturated carbocycles. The number of hydrogen-bond acceptors (Lipinski definition) is 2. The highest BCUT2D eigenvalue weighted by Gasteiger charge is 2.08. The van der Waals surface area contributed by atoms with Crippen LogP contribution in [0.5, 0.6) is 0 Å². The molecule has 0 aliphatic heterocycles. The van der Waals surface area contributed by atoms with Gasteiger partial charge in [-0.25, -0.2) is 0 Å². The van der Waals surface area contributed by atoms with Crippen molar-refractivity contribution < 1.29 is 4.79 Å². The molecule has 0 heterocycles. The van der Waals surface area contributed by atoms with Crippen molar-refractivity contribution in [2.75, 3.05) is 12.3 Å². The number of hydrogen-bond donors (Lipinski definition) is 2. The number of nitrogens with two attached hydrogens (primary N) is 1. The molecule has 0 saturated heterocycles. The molecule has 1 aromatic rings. The fourth-order valence-electron chi connectivity index (χ4n) is 1.06. The molecule has 0 bridgehead atoms. The van der Waals surface area contributed by atoms with Gasteiger partial charge in [-0.15, -0.1) is 0 Å². The quantitative estimate of drug-likeness (QED) is 0.663. The molecule has 1 aromatic carbocycles. The summed E-state index contributed by atoms with van der Waals surface area (Å²) in [7, 11) is 0. The maximum atomic E-state index is 11.6. The third kappa shape index (κ3) is 2.87. The molecular weight excluding hydrogens is 291 g/mol. The number of benzene rings is 1. The van der Waals surface area contributed by atoms with Crippen LogP contribution in [0.4, 0.5) is 5.69 Å². The maximum absolute atomic E-state index is 11.6. The third-order valence-electron chi connectivity index (χ3n) is 1.80. The summed E-state index contributed by atoms with van der Waals surface area (Å²) < 4.78 is 1.01. The van der Waals surface area contributed by atoms with Gasteiger partial charge in [-0.2, -0.15) is 0 Å². The SMILES string of the molecule is CCCNC(=O)c1cc(I)ccc1N. The van der Waals surface area contributed by atoms with E-state index in [1.54, 1.807) is 12.1 Å². The minimum atomic E-state index is -0.0946. The number of rotatable bonds is 3. The van der Waals surface area contributed by atoms with Crippen molar-refractivity contribution in [3.8, 4) is 0 Å². The Hall–Kier alpha value is -0.780. The molecule has 0 atom stereocenters. The molecule has 4 heteroatoms. The normalized spacial score (nSPS) is 9.86. The van der Waals surface area contributed by atoms with E-state index in [0.29, 0.717) is 17.8 Å². The van der Waals surface area contributed by atoms with E-state index in [9.17, 15) is 4.79 Å². The van der Waals surface area contributed by atoms with Gasteiger partial charge in [0.15, 0.2) is 0 Å². The van der Waals surface area contributed by atoms with Gasteiger partial charge in [-0.3, -0.25) is 4.79 Å². The van der Waals surface area contributed by atoms with Crippen LogP contribution in [0.25, 0.3) is 0 Å². The Morgan fingerprint density at radius 2 is 2.29 bits per heavy atom. The number of anilines is 1. The van der Waals surface area contributed by atoms with E-state index < -0.39 is 0 Å². The monoisotopic (exact) mass is 304 g/mol. The van der Waals surface area contributed by atoms with Crippen molar-refractivity contribution in [3.05, 3.63) is 27.3 Å². The predicted molar refractivity (Wildman–Crippen MR) is 66.2 cm³/mol. The second-order valence-corrected chi connectivity index (χ2v) is 4.23. The van der Waals surface area contributed by atoms with Crippen molar-refractivity contribution in [2.45, 2.75) is 13.3 Å². The summed E-state index contributed by atoms with van der Waals surface area (Å²) in [5.41, 5.74) is 6.79. The van der Waals surface area contributed by atoms with Gasteiger partial charge in [-0.1, -0.05) is 6.92 Å². The molecule has 3 nitrogen and oxygen atoms in total. The minimum absolute atomic E-state index is 0.0946. The first-order chi connectivity index (χ1) is 6.65. The topological polar surface area (TPSA) is 55.1 Å². The third-order valence-corrected chi connectivity index (χ3v) is 2.47. The van der Waals surface area contributed by atoms with Crippen molar-refractivity contribution >= 4 is 34.2 Å². The summed E-state index contributed by atoms with van der Waals surface area (Å²) in [4.78, 5) is 11.6.